The zero-order chi connectivity index (χ0) is 9.97. The molecule has 0 saturated carbocycles. The molecule has 0 saturated heterocycles. The second-order valence-corrected chi connectivity index (χ2v) is 3.33. The smallest absolute Gasteiger partial charge is 0.156 e. The zero-order valence-electron chi connectivity index (χ0n) is 8.10. The largest absolute Gasteiger partial charge is 0.359 e. The molecule has 2 aromatic rings. The van der Waals surface area contributed by atoms with Gasteiger partial charge in [0.15, 0.2) is 5.76 Å². The maximum absolute atomic E-state index is 5.51. The quantitative estimate of drug-likeness (QED) is 0.795. The van der Waals surface area contributed by atoms with Crippen LogP contribution in [0.1, 0.15) is 17.0 Å². The van der Waals surface area contributed by atoms with Gasteiger partial charge in [-0.1, -0.05) is 5.16 Å². The van der Waals surface area contributed by atoms with Crippen LogP contribution in [0.2, 0.25) is 0 Å². The SMILES string of the molecule is Cc1cc(Cn2ccc(CN)c2)on1. The molecule has 0 aromatic carbocycles. The average Bonchev–Trinajstić information content (AvgIpc) is 2.76. The summed E-state index contributed by atoms with van der Waals surface area (Å²) in [5.74, 6) is 0.863. The van der Waals surface area contributed by atoms with Crippen LogP contribution in [0.3, 0.4) is 0 Å². The van der Waals surface area contributed by atoms with Crippen LogP contribution in [-0.2, 0) is 13.1 Å². The van der Waals surface area contributed by atoms with Gasteiger partial charge in [0.1, 0.15) is 0 Å². The van der Waals surface area contributed by atoms with Crippen molar-refractivity contribution in [3.8, 4) is 0 Å². The number of hydrogen-bond acceptors (Lipinski definition) is 3. The molecule has 2 rings (SSSR count). The Morgan fingerprint density at radius 1 is 1.57 bits per heavy atom. The van der Waals surface area contributed by atoms with E-state index < -0.39 is 0 Å². The number of aryl methyl sites for hydroxylation is 1. The van der Waals surface area contributed by atoms with E-state index in [4.69, 9.17) is 10.3 Å². The lowest BCUT2D eigenvalue weighted by molar-refractivity contribution is 0.373. The van der Waals surface area contributed by atoms with E-state index in [-0.39, 0.29) is 0 Å². The van der Waals surface area contributed by atoms with Crippen molar-refractivity contribution in [1.82, 2.24) is 9.72 Å². The molecule has 0 radical (unpaired) electrons. The fraction of sp³-hybridized carbons (Fsp3) is 0.300. The fourth-order valence-electron chi connectivity index (χ4n) is 1.38. The van der Waals surface area contributed by atoms with E-state index in [0.717, 1.165) is 17.0 Å². The first kappa shape index (κ1) is 9.02. The highest BCUT2D eigenvalue weighted by atomic mass is 16.5. The average molecular weight is 191 g/mol. The van der Waals surface area contributed by atoms with E-state index in [9.17, 15) is 0 Å². The van der Waals surface area contributed by atoms with Gasteiger partial charge < -0.3 is 14.8 Å². The van der Waals surface area contributed by atoms with Gasteiger partial charge in [-0.2, -0.15) is 0 Å². The van der Waals surface area contributed by atoms with E-state index in [1.165, 1.54) is 0 Å². The zero-order valence-corrected chi connectivity index (χ0v) is 8.10. The Bertz CT molecular complexity index is 416. The maximum atomic E-state index is 5.51. The summed E-state index contributed by atoms with van der Waals surface area (Å²) in [5.41, 5.74) is 7.55. The Balaban J connectivity index is 2.10. The number of nitrogens with two attached hydrogens (primary N) is 1. The molecule has 0 spiro atoms. The minimum Gasteiger partial charge on any atom is -0.359 e. The van der Waals surface area contributed by atoms with Crippen LogP contribution in [-0.4, -0.2) is 9.72 Å². The van der Waals surface area contributed by atoms with Gasteiger partial charge in [-0.25, -0.2) is 0 Å². The summed E-state index contributed by atoms with van der Waals surface area (Å²) in [7, 11) is 0. The molecule has 4 heteroatoms. The van der Waals surface area contributed by atoms with E-state index in [2.05, 4.69) is 5.16 Å². The van der Waals surface area contributed by atoms with Crippen molar-refractivity contribution in [2.75, 3.05) is 0 Å². The van der Waals surface area contributed by atoms with Crippen LogP contribution >= 0.6 is 0 Å². The molecule has 2 N–H and O–H groups in total. The highest BCUT2D eigenvalue weighted by Gasteiger charge is 2.01. The molecule has 0 aliphatic carbocycles. The number of nitrogens with zero attached hydrogens (tertiary/aromatic N) is 2. The van der Waals surface area contributed by atoms with Gasteiger partial charge in [-0.05, 0) is 18.6 Å². The van der Waals surface area contributed by atoms with E-state index in [1.54, 1.807) is 0 Å². The van der Waals surface area contributed by atoms with Crippen LogP contribution in [0, 0.1) is 6.92 Å². The van der Waals surface area contributed by atoms with E-state index in [1.807, 2.05) is 36.0 Å². The summed E-state index contributed by atoms with van der Waals surface area (Å²) >= 11 is 0. The molecule has 2 heterocycles. The summed E-state index contributed by atoms with van der Waals surface area (Å²) in [5, 5.41) is 3.83. The molecule has 0 atom stereocenters. The molecule has 0 fully saturated rings. The first-order chi connectivity index (χ1) is 6.78. The third-order valence-corrected chi connectivity index (χ3v) is 2.06. The molecular weight excluding hydrogens is 178 g/mol. The maximum Gasteiger partial charge on any atom is 0.156 e. The van der Waals surface area contributed by atoms with Crippen molar-refractivity contribution in [2.24, 2.45) is 5.73 Å². The first-order valence-corrected chi connectivity index (χ1v) is 4.55. The molecular formula is C10H13N3O. The summed E-state index contributed by atoms with van der Waals surface area (Å²) < 4.78 is 7.14. The topological polar surface area (TPSA) is 57.0 Å². The van der Waals surface area contributed by atoms with Gasteiger partial charge in [0.25, 0.3) is 0 Å². The molecule has 2 aromatic heterocycles. The van der Waals surface area contributed by atoms with Crippen molar-refractivity contribution in [1.29, 1.82) is 0 Å². The van der Waals surface area contributed by atoms with Crippen LogP contribution < -0.4 is 5.73 Å². The van der Waals surface area contributed by atoms with Crippen molar-refractivity contribution in [3.05, 3.63) is 41.5 Å². The standard InChI is InChI=1S/C10H13N3O/c1-8-4-10(14-12-8)7-13-3-2-9(5-11)6-13/h2-4,6H,5,7,11H2,1H3. The van der Waals surface area contributed by atoms with Crippen molar-refractivity contribution in [3.63, 3.8) is 0 Å². The Kier molecular flexibility index (Phi) is 2.37. The summed E-state index contributed by atoms with van der Waals surface area (Å²) in [4.78, 5) is 0. The molecule has 0 unspecified atom stereocenters. The van der Waals surface area contributed by atoms with Crippen molar-refractivity contribution in [2.45, 2.75) is 20.0 Å². The molecule has 0 aliphatic rings. The van der Waals surface area contributed by atoms with E-state index in [0.29, 0.717) is 13.1 Å². The molecule has 0 amide bonds. The molecule has 14 heavy (non-hydrogen) atoms. The Labute approximate surface area is 82.3 Å². The number of hydrogen-bond donors (Lipinski definition) is 1. The summed E-state index contributed by atoms with van der Waals surface area (Å²) in [6.07, 6.45) is 4.00. The van der Waals surface area contributed by atoms with Crippen LogP contribution in [0.15, 0.2) is 29.0 Å². The molecule has 4 nitrogen and oxygen atoms in total. The normalized spacial score (nSPS) is 10.7. The van der Waals surface area contributed by atoms with Crippen molar-refractivity contribution < 1.29 is 4.52 Å². The highest BCUT2D eigenvalue weighted by Crippen LogP contribution is 2.07. The van der Waals surface area contributed by atoms with Crippen LogP contribution in [0.5, 0.6) is 0 Å². The first-order valence-electron chi connectivity index (χ1n) is 4.55. The summed E-state index contributed by atoms with van der Waals surface area (Å²) in [6.45, 7) is 3.19. The number of rotatable bonds is 3. The number of aromatic nitrogens is 2. The monoisotopic (exact) mass is 191 g/mol. The van der Waals surface area contributed by atoms with Crippen LogP contribution in [0.4, 0.5) is 0 Å². The lowest BCUT2D eigenvalue weighted by Gasteiger charge is -1.96. The van der Waals surface area contributed by atoms with E-state index >= 15 is 0 Å². The van der Waals surface area contributed by atoms with Crippen molar-refractivity contribution >= 4 is 0 Å². The Morgan fingerprint density at radius 3 is 3.00 bits per heavy atom. The second-order valence-electron chi connectivity index (χ2n) is 3.33. The predicted molar refractivity (Wildman–Crippen MR) is 52.7 cm³/mol. The second kappa shape index (κ2) is 3.67. The fourth-order valence-corrected chi connectivity index (χ4v) is 1.38. The minimum absolute atomic E-state index is 0.572. The summed E-state index contributed by atoms with van der Waals surface area (Å²) in [6, 6.07) is 3.94. The van der Waals surface area contributed by atoms with Gasteiger partial charge in [-0.3, -0.25) is 0 Å². The third kappa shape index (κ3) is 1.85. The Hall–Kier alpha value is -1.55. The molecule has 0 bridgehead atoms. The van der Waals surface area contributed by atoms with Gasteiger partial charge >= 0.3 is 0 Å². The minimum atomic E-state index is 0.572. The lowest BCUT2D eigenvalue weighted by atomic mass is 10.3. The lowest BCUT2D eigenvalue weighted by Crippen LogP contribution is -1.96. The Morgan fingerprint density at radius 2 is 2.43 bits per heavy atom. The van der Waals surface area contributed by atoms with Gasteiger partial charge in [0, 0.05) is 25.0 Å². The van der Waals surface area contributed by atoms with Crippen LogP contribution in [0.25, 0.3) is 0 Å². The predicted octanol–water partition coefficient (Wildman–Crippen LogP) is 1.29. The molecule has 74 valence electrons. The van der Waals surface area contributed by atoms with Gasteiger partial charge in [0.05, 0.1) is 12.2 Å². The van der Waals surface area contributed by atoms with Gasteiger partial charge in [-0.15, -0.1) is 0 Å². The molecule has 0 aliphatic heterocycles. The highest BCUT2D eigenvalue weighted by molar-refractivity contribution is 5.11. The third-order valence-electron chi connectivity index (χ3n) is 2.06. The van der Waals surface area contributed by atoms with Gasteiger partial charge in [0.2, 0.25) is 0 Å².